The van der Waals surface area contributed by atoms with Crippen LogP contribution in [0.2, 0.25) is 0 Å². The van der Waals surface area contributed by atoms with Crippen LogP contribution in [0.1, 0.15) is 22.0 Å². The minimum atomic E-state index is -0.358. The van der Waals surface area contributed by atoms with Crippen LogP contribution < -0.4 is 5.73 Å². The monoisotopic (exact) mass is 227 g/mol. The van der Waals surface area contributed by atoms with Gasteiger partial charge in [0, 0.05) is 6.04 Å². The maximum Gasteiger partial charge on any atom is 0.337 e. The summed E-state index contributed by atoms with van der Waals surface area (Å²) in [5.74, 6) is -0.358. The summed E-state index contributed by atoms with van der Waals surface area (Å²) in [7, 11) is 1.35. The van der Waals surface area contributed by atoms with Crippen LogP contribution in [0, 0.1) is 0 Å². The van der Waals surface area contributed by atoms with Crippen LogP contribution in [0.5, 0.6) is 0 Å². The number of benzene rings is 1. The smallest absolute Gasteiger partial charge is 0.337 e. The maximum atomic E-state index is 11.2. The minimum absolute atomic E-state index is 0. The van der Waals surface area contributed by atoms with Crippen LogP contribution in [-0.4, -0.2) is 13.1 Å². The number of rotatable bonds is 3. The third kappa shape index (κ3) is 3.38. The standard InChI is InChI=1S/C11H13NO2.ClH/c1-3-10(12)8-5-4-6-9(7-8)11(13)14-2;/h3-7,10H,1,12H2,2H3;1H/t10-;/m0./s1. The van der Waals surface area contributed by atoms with Crippen molar-refractivity contribution in [1.29, 1.82) is 0 Å². The van der Waals surface area contributed by atoms with Gasteiger partial charge in [-0.05, 0) is 17.7 Å². The quantitative estimate of drug-likeness (QED) is 0.636. The van der Waals surface area contributed by atoms with Gasteiger partial charge in [0.15, 0.2) is 0 Å². The molecule has 15 heavy (non-hydrogen) atoms. The van der Waals surface area contributed by atoms with Crippen molar-refractivity contribution < 1.29 is 9.53 Å². The van der Waals surface area contributed by atoms with Gasteiger partial charge in [-0.1, -0.05) is 18.2 Å². The van der Waals surface area contributed by atoms with Gasteiger partial charge in [0.2, 0.25) is 0 Å². The van der Waals surface area contributed by atoms with Crippen LogP contribution in [0.3, 0.4) is 0 Å². The lowest BCUT2D eigenvalue weighted by atomic mass is 10.0. The summed E-state index contributed by atoms with van der Waals surface area (Å²) in [5, 5.41) is 0. The Morgan fingerprint density at radius 1 is 1.60 bits per heavy atom. The molecule has 1 aromatic carbocycles. The molecule has 0 saturated heterocycles. The Labute approximate surface area is 95.3 Å². The van der Waals surface area contributed by atoms with E-state index >= 15 is 0 Å². The molecule has 2 N–H and O–H groups in total. The third-order valence-electron chi connectivity index (χ3n) is 1.95. The lowest BCUT2D eigenvalue weighted by Gasteiger charge is -2.07. The Balaban J connectivity index is 0.00000196. The number of hydrogen-bond acceptors (Lipinski definition) is 3. The van der Waals surface area contributed by atoms with Gasteiger partial charge in [-0.3, -0.25) is 0 Å². The van der Waals surface area contributed by atoms with E-state index in [-0.39, 0.29) is 24.4 Å². The van der Waals surface area contributed by atoms with Crippen molar-refractivity contribution in [3.05, 3.63) is 48.0 Å². The summed E-state index contributed by atoms with van der Waals surface area (Å²) >= 11 is 0. The molecule has 0 aliphatic carbocycles. The Morgan fingerprint density at radius 2 is 2.27 bits per heavy atom. The summed E-state index contributed by atoms with van der Waals surface area (Å²) in [5.41, 5.74) is 7.09. The molecule has 0 aliphatic rings. The van der Waals surface area contributed by atoms with Gasteiger partial charge >= 0.3 is 5.97 Å². The first-order chi connectivity index (χ1) is 6.69. The van der Waals surface area contributed by atoms with Crippen LogP contribution in [-0.2, 0) is 4.74 Å². The molecule has 0 radical (unpaired) electrons. The summed E-state index contributed by atoms with van der Waals surface area (Å²) in [4.78, 5) is 11.2. The topological polar surface area (TPSA) is 52.3 Å². The predicted octanol–water partition coefficient (Wildman–Crippen LogP) is 2.08. The molecular formula is C11H14ClNO2. The molecule has 0 aromatic heterocycles. The largest absolute Gasteiger partial charge is 0.465 e. The van der Waals surface area contributed by atoms with Gasteiger partial charge in [-0.15, -0.1) is 19.0 Å². The molecule has 1 aromatic rings. The molecule has 82 valence electrons. The molecule has 0 spiro atoms. The second-order valence-corrected chi connectivity index (χ2v) is 2.88. The summed E-state index contributed by atoms with van der Waals surface area (Å²) in [6.45, 7) is 3.59. The van der Waals surface area contributed by atoms with Crippen molar-refractivity contribution in [2.45, 2.75) is 6.04 Å². The lowest BCUT2D eigenvalue weighted by molar-refractivity contribution is 0.0600. The molecule has 3 nitrogen and oxygen atoms in total. The fourth-order valence-corrected chi connectivity index (χ4v) is 1.13. The highest BCUT2D eigenvalue weighted by Crippen LogP contribution is 2.13. The Hall–Kier alpha value is -1.32. The molecule has 0 aliphatic heterocycles. The summed E-state index contributed by atoms with van der Waals surface area (Å²) in [6.07, 6.45) is 1.62. The third-order valence-corrected chi connectivity index (χ3v) is 1.95. The van der Waals surface area contributed by atoms with E-state index in [9.17, 15) is 4.79 Å². The van der Waals surface area contributed by atoms with E-state index in [4.69, 9.17) is 5.73 Å². The summed E-state index contributed by atoms with van der Waals surface area (Å²) in [6, 6.07) is 6.76. The van der Waals surface area contributed by atoms with Gasteiger partial charge in [0.05, 0.1) is 12.7 Å². The second-order valence-electron chi connectivity index (χ2n) is 2.88. The molecule has 0 heterocycles. The number of ether oxygens (including phenoxy) is 1. The zero-order valence-corrected chi connectivity index (χ0v) is 9.29. The van der Waals surface area contributed by atoms with E-state index in [1.54, 1.807) is 24.3 Å². The first-order valence-electron chi connectivity index (χ1n) is 4.25. The first kappa shape index (κ1) is 13.7. The molecule has 4 heteroatoms. The van der Waals surface area contributed by atoms with Gasteiger partial charge in [0.1, 0.15) is 0 Å². The van der Waals surface area contributed by atoms with Crippen LogP contribution >= 0.6 is 12.4 Å². The second kappa shape index (κ2) is 6.22. The fraction of sp³-hybridized carbons (Fsp3) is 0.182. The van der Waals surface area contributed by atoms with Gasteiger partial charge in [-0.25, -0.2) is 4.79 Å². The van der Waals surface area contributed by atoms with Crippen molar-refractivity contribution in [3.63, 3.8) is 0 Å². The number of esters is 1. The number of carbonyl (C=O) groups is 1. The van der Waals surface area contributed by atoms with Crippen molar-refractivity contribution in [1.82, 2.24) is 0 Å². The lowest BCUT2D eigenvalue weighted by Crippen LogP contribution is -2.08. The summed E-state index contributed by atoms with van der Waals surface area (Å²) < 4.78 is 4.60. The normalized spacial score (nSPS) is 11.1. The zero-order chi connectivity index (χ0) is 10.6. The molecule has 0 saturated carbocycles. The fourth-order valence-electron chi connectivity index (χ4n) is 1.13. The Morgan fingerprint density at radius 3 is 2.80 bits per heavy atom. The highest BCUT2D eigenvalue weighted by molar-refractivity contribution is 5.89. The average Bonchev–Trinajstić information content (AvgIpc) is 2.27. The molecule has 1 rings (SSSR count). The SMILES string of the molecule is C=C[C@H](N)c1cccc(C(=O)OC)c1.Cl. The zero-order valence-electron chi connectivity index (χ0n) is 8.47. The highest BCUT2D eigenvalue weighted by Gasteiger charge is 2.07. The highest BCUT2D eigenvalue weighted by atomic mass is 35.5. The van der Waals surface area contributed by atoms with Crippen LogP contribution in [0.4, 0.5) is 0 Å². The molecule has 1 atom stereocenters. The number of methoxy groups -OCH3 is 1. The molecule has 0 unspecified atom stereocenters. The van der Waals surface area contributed by atoms with Crippen molar-refractivity contribution in [3.8, 4) is 0 Å². The van der Waals surface area contributed by atoms with E-state index in [0.717, 1.165) is 5.56 Å². The van der Waals surface area contributed by atoms with Crippen molar-refractivity contribution in [2.24, 2.45) is 5.73 Å². The Kier molecular flexibility index (Phi) is 5.67. The van der Waals surface area contributed by atoms with Crippen LogP contribution in [0.25, 0.3) is 0 Å². The first-order valence-corrected chi connectivity index (χ1v) is 4.25. The molecule has 0 fully saturated rings. The van der Waals surface area contributed by atoms with E-state index < -0.39 is 0 Å². The Bertz CT molecular complexity index is 352. The number of hydrogen-bond donors (Lipinski definition) is 1. The maximum absolute atomic E-state index is 11.2. The van der Waals surface area contributed by atoms with Gasteiger partial charge < -0.3 is 10.5 Å². The van der Waals surface area contributed by atoms with E-state index in [0.29, 0.717) is 5.56 Å². The number of nitrogens with two attached hydrogens (primary N) is 1. The number of carbonyl (C=O) groups excluding carboxylic acids is 1. The molecular weight excluding hydrogens is 214 g/mol. The molecule has 0 bridgehead atoms. The van der Waals surface area contributed by atoms with Crippen molar-refractivity contribution in [2.75, 3.05) is 7.11 Å². The minimum Gasteiger partial charge on any atom is -0.465 e. The van der Waals surface area contributed by atoms with Crippen LogP contribution in [0.15, 0.2) is 36.9 Å². The van der Waals surface area contributed by atoms with E-state index in [2.05, 4.69) is 11.3 Å². The van der Waals surface area contributed by atoms with Gasteiger partial charge in [-0.2, -0.15) is 0 Å². The van der Waals surface area contributed by atoms with Gasteiger partial charge in [0.25, 0.3) is 0 Å². The number of halogens is 1. The molecule has 0 amide bonds. The van der Waals surface area contributed by atoms with E-state index in [1.807, 2.05) is 6.07 Å². The predicted molar refractivity (Wildman–Crippen MR) is 62.2 cm³/mol. The van der Waals surface area contributed by atoms with E-state index in [1.165, 1.54) is 7.11 Å². The average molecular weight is 228 g/mol. The van der Waals surface area contributed by atoms with Crippen molar-refractivity contribution >= 4 is 18.4 Å².